The van der Waals surface area contributed by atoms with Gasteiger partial charge >= 0.3 is 5.97 Å². The number of hydrogen-bond acceptors (Lipinski definition) is 4. The molecule has 0 saturated heterocycles. The predicted molar refractivity (Wildman–Crippen MR) is 108 cm³/mol. The van der Waals surface area contributed by atoms with Crippen molar-refractivity contribution in [3.8, 4) is 0 Å². The molecule has 0 spiro atoms. The Kier molecular flexibility index (Phi) is 6.05. The molecule has 3 aromatic rings. The molecule has 26 heavy (non-hydrogen) atoms. The van der Waals surface area contributed by atoms with E-state index < -0.39 is 0 Å². The molecule has 0 atom stereocenters. The molecular weight excluding hydrogens is 484 g/mol. The third kappa shape index (κ3) is 4.13. The average Bonchev–Trinajstić information content (AvgIpc) is 2.91. The van der Waals surface area contributed by atoms with Crippen LogP contribution in [-0.4, -0.2) is 23.1 Å². The summed E-state index contributed by atoms with van der Waals surface area (Å²) < 4.78 is 9.27. The number of hydrogen-bond donors (Lipinski definition) is 0. The van der Waals surface area contributed by atoms with Gasteiger partial charge in [0.2, 0.25) is 0 Å². The van der Waals surface area contributed by atoms with Gasteiger partial charge in [0.15, 0.2) is 4.80 Å². The number of nitrogens with zero attached hydrogens (tertiary/aromatic N) is 2. The van der Waals surface area contributed by atoms with Crippen molar-refractivity contribution in [1.29, 1.82) is 0 Å². The zero-order valence-corrected chi connectivity index (χ0v) is 17.7. The Balaban J connectivity index is 2.13. The molecule has 0 N–H and O–H groups in total. The van der Waals surface area contributed by atoms with Crippen molar-refractivity contribution in [1.82, 2.24) is 4.57 Å². The van der Waals surface area contributed by atoms with Gasteiger partial charge < -0.3 is 9.30 Å². The maximum atomic E-state index is 12.6. The maximum Gasteiger partial charge on any atom is 0.326 e. The van der Waals surface area contributed by atoms with Crippen LogP contribution in [0.1, 0.15) is 17.3 Å². The lowest BCUT2D eigenvalue weighted by atomic mass is 10.2. The summed E-state index contributed by atoms with van der Waals surface area (Å²) in [6.45, 7) is 2.06. The Morgan fingerprint density at radius 2 is 1.96 bits per heavy atom. The molecule has 0 saturated carbocycles. The van der Waals surface area contributed by atoms with Gasteiger partial charge in [-0.25, -0.2) is 0 Å². The van der Waals surface area contributed by atoms with Crippen molar-refractivity contribution in [3.05, 3.63) is 61.8 Å². The predicted octanol–water partition coefficient (Wildman–Crippen LogP) is 4.53. The van der Waals surface area contributed by atoms with Crippen LogP contribution in [0.3, 0.4) is 0 Å². The Labute approximate surface area is 170 Å². The molecule has 8 heteroatoms. The number of amides is 1. The summed E-state index contributed by atoms with van der Waals surface area (Å²) in [5, 5.41) is 0. The van der Waals surface area contributed by atoms with Crippen LogP contribution in [0.15, 0.2) is 56.4 Å². The van der Waals surface area contributed by atoms with E-state index in [2.05, 4.69) is 36.9 Å². The SMILES string of the molecule is CCOC(=O)Cn1c(=NC(=O)c2ccccc2Br)sc2cc(Br)ccc21. The third-order valence-electron chi connectivity index (χ3n) is 3.54. The molecule has 0 unspecified atom stereocenters. The Morgan fingerprint density at radius 1 is 1.19 bits per heavy atom. The molecule has 1 heterocycles. The van der Waals surface area contributed by atoms with Crippen LogP contribution in [0.25, 0.3) is 10.2 Å². The van der Waals surface area contributed by atoms with Crippen molar-refractivity contribution in [3.63, 3.8) is 0 Å². The van der Waals surface area contributed by atoms with Gasteiger partial charge in [-0.3, -0.25) is 9.59 Å². The van der Waals surface area contributed by atoms with E-state index in [0.29, 0.717) is 21.4 Å². The maximum absolute atomic E-state index is 12.6. The van der Waals surface area contributed by atoms with E-state index >= 15 is 0 Å². The molecule has 5 nitrogen and oxygen atoms in total. The number of halogens is 2. The summed E-state index contributed by atoms with van der Waals surface area (Å²) in [4.78, 5) is 29.3. The highest BCUT2D eigenvalue weighted by molar-refractivity contribution is 9.10. The molecule has 2 aromatic carbocycles. The van der Waals surface area contributed by atoms with Crippen LogP contribution >= 0.6 is 43.2 Å². The Bertz CT molecular complexity index is 1060. The number of benzene rings is 2. The van der Waals surface area contributed by atoms with Crippen molar-refractivity contribution in [2.75, 3.05) is 6.61 Å². The highest BCUT2D eigenvalue weighted by atomic mass is 79.9. The van der Waals surface area contributed by atoms with E-state index in [-0.39, 0.29) is 18.4 Å². The Morgan fingerprint density at radius 3 is 2.69 bits per heavy atom. The van der Waals surface area contributed by atoms with Crippen LogP contribution in [0.5, 0.6) is 0 Å². The van der Waals surface area contributed by atoms with E-state index in [4.69, 9.17) is 4.74 Å². The summed E-state index contributed by atoms with van der Waals surface area (Å²) in [6, 6.07) is 12.8. The van der Waals surface area contributed by atoms with Crippen LogP contribution in [0, 0.1) is 0 Å². The lowest BCUT2D eigenvalue weighted by molar-refractivity contribution is -0.143. The van der Waals surface area contributed by atoms with Gasteiger partial charge in [0.1, 0.15) is 6.54 Å². The van der Waals surface area contributed by atoms with Crippen LogP contribution < -0.4 is 4.80 Å². The smallest absolute Gasteiger partial charge is 0.326 e. The van der Waals surface area contributed by atoms with Gasteiger partial charge in [-0.2, -0.15) is 4.99 Å². The number of thiazole rings is 1. The van der Waals surface area contributed by atoms with Crippen molar-refractivity contribution in [2.24, 2.45) is 4.99 Å². The minimum Gasteiger partial charge on any atom is -0.465 e. The number of aromatic nitrogens is 1. The van der Waals surface area contributed by atoms with E-state index in [9.17, 15) is 9.59 Å². The van der Waals surface area contributed by atoms with E-state index in [1.807, 2.05) is 24.3 Å². The second-order valence-electron chi connectivity index (χ2n) is 5.28. The molecule has 1 amide bonds. The van der Waals surface area contributed by atoms with Crippen LogP contribution in [0.4, 0.5) is 0 Å². The molecule has 0 aliphatic heterocycles. The summed E-state index contributed by atoms with van der Waals surface area (Å²) in [5.74, 6) is -0.745. The number of fused-ring (bicyclic) bond motifs is 1. The monoisotopic (exact) mass is 496 g/mol. The number of carbonyl (C=O) groups excluding carboxylic acids is 2. The summed E-state index contributed by atoms with van der Waals surface area (Å²) in [5.41, 5.74) is 1.29. The van der Waals surface area contributed by atoms with Crippen molar-refractivity contribution >= 4 is 65.3 Å². The topological polar surface area (TPSA) is 60.7 Å². The molecule has 3 rings (SSSR count). The fourth-order valence-corrected chi connectivity index (χ4v) is 4.44. The van der Waals surface area contributed by atoms with Gasteiger partial charge in [0.05, 0.1) is 22.4 Å². The zero-order chi connectivity index (χ0) is 18.7. The van der Waals surface area contributed by atoms with Crippen LogP contribution in [-0.2, 0) is 16.1 Å². The van der Waals surface area contributed by atoms with Crippen molar-refractivity contribution < 1.29 is 14.3 Å². The number of esters is 1. The van der Waals surface area contributed by atoms with Gasteiger partial charge in [-0.15, -0.1) is 0 Å². The fourth-order valence-electron chi connectivity index (χ4n) is 2.40. The van der Waals surface area contributed by atoms with Gasteiger partial charge in [0, 0.05) is 8.95 Å². The highest BCUT2D eigenvalue weighted by Crippen LogP contribution is 2.23. The molecule has 0 aliphatic carbocycles. The van der Waals surface area contributed by atoms with Gasteiger partial charge in [-0.05, 0) is 53.2 Å². The quantitative estimate of drug-likeness (QED) is 0.497. The third-order valence-corrected chi connectivity index (χ3v) is 5.76. The second kappa shape index (κ2) is 8.28. The lowest BCUT2D eigenvalue weighted by Gasteiger charge is -2.05. The summed E-state index contributed by atoms with van der Waals surface area (Å²) >= 11 is 8.16. The first-order valence-corrected chi connectivity index (χ1v) is 10.2. The van der Waals surface area contributed by atoms with E-state index in [0.717, 1.165) is 14.7 Å². The largest absolute Gasteiger partial charge is 0.465 e. The molecule has 0 aliphatic rings. The van der Waals surface area contributed by atoms with Gasteiger partial charge in [0.25, 0.3) is 5.91 Å². The fraction of sp³-hybridized carbons (Fsp3) is 0.167. The number of carbonyl (C=O) groups is 2. The molecule has 0 radical (unpaired) electrons. The molecule has 0 bridgehead atoms. The van der Waals surface area contributed by atoms with Crippen LogP contribution in [0.2, 0.25) is 0 Å². The minimum atomic E-state index is -0.374. The minimum absolute atomic E-state index is 0.00244. The highest BCUT2D eigenvalue weighted by Gasteiger charge is 2.14. The molecular formula is C18H14Br2N2O3S. The van der Waals surface area contributed by atoms with E-state index in [1.54, 1.807) is 29.7 Å². The summed E-state index contributed by atoms with van der Waals surface area (Å²) in [7, 11) is 0. The first kappa shape index (κ1) is 19.0. The second-order valence-corrected chi connectivity index (χ2v) is 8.06. The zero-order valence-electron chi connectivity index (χ0n) is 13.7. The number of ether oxygens (including phenoxy) is 1. The Hall–Kier alpha value is -1.77. The standard InChI is InChI=1S/C18H14Br2N2O3S/c1-2-25-16(23)10-22-14-8-7-11(19)9-15(14)26-18(22)21-17(24)12-5-3-4-6-13(12)20/h3-9H,2,10H2,1H3. The molecule has 1 aromatic heterocycles. The number of rotatable bonds is 4. The summed E-state index contributed by atoms with van der Waals surface area (Å²) in [6.07, 6.45) is 0. The first-order chi connectivity index (χ1) is 12.5. The van der Waals surface area contributed by atoms with E-state index in [1.165, 1.54) is 11.3 Å². The first-order valence-electron chi connectivity index (χ1n) is 7.77. The van der Waals surface area contributed by atoms with Crippen molar-refractivity contribution in [2.45, 2.75) is 13.5 Å². The average molecular weight is 498 g/mol. The lowest BCUT2D eigenvalue weighted by Crippen LogP contribution is -2.23. The molecule has 134 valence electrons. The normalized spacial score (nSPS) is 11.7. The molecule has 0 fully saturated rings. The van der Waals surface area contributed by atoms with Gasteiger partial charge in [-0.1, -0.05) is 39.4 Å².